The van der Waals surface area contributed by atoms with E-state index in [0.717, 1.165) is 4.48 Å². The van der Waals surface area contributed by atoms with Gasteiger partial charge in [-0.15, -0.1) is 0 Å². The van der Waals surface area contributed by atoms with Gasteiger partial charge < -0.3 is 16.9 Å². The highest BCUT2D eigenvalue weighted by Crippen LogP contribution is 2.16. The molecule has 0 spiro atoms. The molecule has 0 saturated carbocycles. The van der Waals surface area contributed by atoms with Crippen molar-refractivity contribution in [3.05, 3.63) is 12.2 Å². The quantitative estimate of drug-likeness (QED) is 0.297. The predicted molar refractivity (Wildman–Crippen MR) is 40.2 cm³/mol. The van der Waals surface area contributed by atoms with Gasteiger partial charge in [-0.25, -0.2) is 0 Å². The first-order valence-electron chi connectivity index (χ1n) is 3.59. The van der Waals surface area contributed by atoms with E-state index in [1.54, 1.807) is 0 Å². The average Bonchev–Trinajstić information content (AvgIpc) is 1.60. The van der Waals surface area contributed by atoms with Crippen molar-refractivity contribution in [1.29, 1.82) is 0 Å². The van der Waals surface area contributed by atoms with Gasteiger partial charge in [0.2, 0.25) is 0 Å². The van der Waals surface area contributed by atoms with Crippen molar-refractivity contribution in [1.82, 2.24) is 0 Å². The van der Waals surface area contributed by atoms with Crippen LogP contribution in [0.5, 0.6) is 0 Å². The van der Waals surface area contributed by atoms with Crippen LogP contribution in [-0.2, 0) is 0 Å². The summed E-state index contributed by atoms with van der Waals surface area (Å²) in [7, 11) is 4.54. The largest absolute Gasteiger partial charge is 1.00 e. The van der Waals surface area contributed by atoms with Crippen LogP contribution in [0.1, 0.15) is 12.8 Å². The predicted octanol–water partition coefficient (Wildman–Crippen LogP) is -1.58. The third kappa shape index (κ3) is 2.72. The molecule has 0 aliphatic carbocycles. The van der Waals surface area contributed by atoms with Gasteiger partial charge in [0.1, 0.15) is 0 Å². The fraction of sp³-hybridized carbons (Fsp3) is 0.750. The van der Waals surface area contributed by atoms with Crippen LogP contribution in [0.2, 0.25) is 0 Å². The van der Waals surface area contributed by atoms with E-state index in [2.05, 4.69) is 20.7 Å². The Balaban J connectivity index is 0.000000810. The first-order chi connectivity index (χ1) is 4.10. The Morgan fingerprint density at radius 2 is 2.00 bits per heavy atom. The maximum absolute atomic E-state index is 3.99. The molecular weight excluding hydrogens is 146 g/mol. The minimum atomic E-state index is 0. The van der Waals surface area contributed by atoms with Crippen LogP contribution in [0.4, 0.5) is 0 Å². The summed E-state index contributed by atoms with van der Waals surface area (Å²) in [5, 5.41) is 0. The number of piperidine rings is 1. The van der Waals surface area contributed by atoms with E-state index in [9.17, 15) is 0 Å². The number of halogens is 1. The van der Waals surface area contributed by atoms with E-state index >= 15 is 0 Å². The summed E-state index contributed by atoms with van der Waals surface area (Å²) in [5.41, 5.74) is 1.42. The maximum Gasteiger partial charge on any atom is 0.0996 e. The Bertz CT molecular complexity index is 129. The van der Waals surface area contributed by atoms with Crippen LogP contribution >= 0.6 is 0 Å². The molecule has 0 aromatic heterocycles. The number of likely N-dealkylation sites (tertiary alicyclic amines) is 1. The Labute approximate surface area is 69.7 Å². The summed E-state index contributed by atoms with van der Waals surface area (Å²) in [4.78, 5) is 0. The molecule has 0 radical (unpaired) electrons. The minimum absolute atomic E-state index is 0. The first-order valence-corrected chi connectivity index (χ1v) is 3.59. The maximum atomic E-state index is 3.99. The Morgan fingerprint density at radius 3 is 2.30 bits per heavy atom. The van der Waals surface area contributed by atoms with Gasteiger partial charge in [0, 0.05) is 6.42 Å². The van der Waals surface area contributed by atoms with Crippen molar-refractivity contribution in [2.45, 2.75) is 12.8 Å². The standard InChI is InChI=1S/C8H16N.ClH/c1-8-5-4-6-9(2,3)7-8;/h1,4-7H2,2-3H3;1H/q+1;/p-1. The number of hydrogen-bond acceptors (Lipinski definition) is 0. The SMILES string of the molecule is C=C1CCC[N+](C)(C)C1.[Cl-]. The van der Waals surface area contributed by atoms with Gasteiger partial charge in [0.25, 0.3) is 0 Å². The lowest BCUT2D eigenvalue weighted by Crippen LogP contribution is -3.00. The van der Waals surface area contributed by atoms with Crippen LogP contribution in [-0.4, -0.2) is 31.7 Å². The van der Waals surface area contributed by atoms with Crippen molar-refractivity contribution in [3.8, 4) is 0 Å². The molecule has 1 heterocycles. The fourth-order valence-electron chi connectivity index (χ4n) is 1.52. The molecule has 0 aromatic carbocycles. The van der Waals surface area contributed by atoms with E-state index in [4.69, 9.17) is 0 Å². The van der Waals surface area contributed by atoms with Crippen LogP contribution in [0.15, 0.2) is 12.2 Å². The number of likely N-dealkylation sites (N-methyl/N-ethyl adjacent to an activating group) is 1. The van der Waals surface area contributed by atoms with E-state index in [0.29, 0.717) is 0 Å². The van der Waals surface area contributed by atoms with Gasteiger partial charge in [-0.1, -0.05) is 6.58 Å². The molecule has 0 aromatic rings. The number of rotatable bonds is 0. The second-order valence-electron chi connectivity index (χ2n) is 3.67. The van der Waals surface area contributed by atoms with Gasteiger partial charge >= 0.3 is 0 Å². The Kier molecular flexibility index (Phi) is 3.40. The second-order valence-corrected chi connectivity index (χ2v) is 3.67. The highest BCUT2D eigenvalue weighted by atomic mass is 35.5. The highest BCUT2D eigenvalue weighted by molar-refractivity contribution is 4.95. The van der Waals surface area contributed by atoms with Crippen molar-refractivity contribution in [3.63, 3.8) is 0 Å². The molecule has 0 N–H and O–H groups in total. The Hall–Kier alpha value is -0.0100. The molecule has 1 fully saturated rings. The van der Waals surface area contributed by atoms with E-state index < -0.39 is 0 Å². The molecule has 1 rings (SSSR count). The van der Waals surface area contributed by atoms with E-state index in [1.165, 1.54) is 31.5 Å². The van der Waals surface area contributed by atoms with Crippen molar-refractivity contribution >= 4 is 0 Å². The summed E-state index contributed by atoms with van der Waals surface area (Å²) in [6, 6.07) is 0. The second kappa shape index (κ2) is 3.40. The molecule has 0 atom stereocenters. The molecule has 1 aliphatic rings. The lowest BCUT2D eigenvalue weighted by atomic mass is 10.1. The van der Waals surface area contributed by atoms with Gasteiger partial charge in [-0.2, -0.15) is 0 Å². The lowest BCUT2D eigenvalue weighted by Gasteiger charge is -2.34. The van der Waals surface area contributed by atoms with E-state index in [-0.39, 0.29) is 12.4 Å². The van der Waals surface area contributed by atoms with Gasteiger partial charge in [0.15, 0.2) is 0 Å². The summed E-state index contributed by atoms with van der Waals surface area (Å²) in [5.74, 6) is 0. The van der Waals surface area contributed by atoms with Crippen molar-refractivity contribution in [2.24, 2.45) is 0 Å². The number of quaternary nitrogens is 1. The first kappa shape index (κ1) is 9.99. The third-order valence-electron chi connectivity index (χ3n) is 1.95. The number of nitrogens with zero attached hydrogens (tertiary/aromatic N) is 1. The average molecular weight is 162 g/mol. The molecule has 2 heteroatoms. The number of hydrogen-bond donors (Lipinski definition) is 0. The zero-order valence-electron chi connectivity index (χ0n) is 6.86. The molecule has 0 bridgehead atoms. The Morgan fingerprint density at radius 1 is 1.40 bits per heavy atom. The monoisotopic (exact) mass is 161 g/mol. The van der Waals surface area contributed by atoms with Crippen LogP contribution in [0, 0.1) is 0 Å². The van der Waals surface area contributed by atoms with Crippen LogP contribution in [0.3, 0.4) is 0 Å². The van der Waals surface area contributed by atoms with Crippen LogP contribution < -0.4 is 12.4 Å². The normalized spacial score (nSPS) is 23.6. The van der Waals surface area contributed by atoms with Crippen molar-refractivity contribution < 1.29 is 16.9 Å². The molecule has 10 heavy (non-hydrogen) atoms. The van der Waals surface area contributed by atoms with Gasteiger partial charge in [0.05, 0.1) is 27.2 Å². The third-order valence-corrected chi connectivity index (χ3v) is 1.95. The molecule has 0 amide bonds. The zero-order valence-corrected chi connectivity index (χ0v) is 7.62. The molecule has 1 saturated heterocycles. The summed E-state index contributed by atoms with van der Waals surface area (Å²) in [6.45, 7) is 6.49. The molecule has 0 unspecified atom stereocenters. The minimum Gasteiger partial charge on any atom is -1.00 e. The molecule has 1 aliphatic heterocycles. The van der Waals surface area contributed by atoms with Gasteiger partial charge in [-0.05, 0) is 12.0 Å². The summed E-state index contributed by atoms with van der Waals surface area (Å²) in [6.07, 6.45) is 2.58. The molecule has 1 nitrogen and oxygen atoms in total. The summed E-state index contributed by atoms with van der Waals surface area (Å²) < 4.78 is 1.14. The molecular formula is C8H16ClN. The smallest absolute Gasteiger partial charge is 0.0996 e. The van der Waals surface area contributed by atoms with E-state index in [1.807, 2.05) is 0 Å². The topological polar surface area (TPSA) is 0 Å². The summed E-state index contributed by atoms with van der Waals surface area (Å²) >= 11 is 0. The molecule has 60 valence electrons. The fourth-order valence-corrected chi connectivity index (χ4v) is 1.52. The van der Waals surface area contributed by atoms with Crippen LogP contribution in [0.25, 0.3) is 0 Å². The van der Waals surface area contributed by atoms with Crippen molar-refractivity contribution in [2.75, 3.05) is 27.2 Å². The highest BCUT2D eigenvalue weighted by Gasteiger charge is 2.20. The lowest BCUT2D eigenvalue weighted by molar-refractivity contribution is -0.889. The zero-order chi connectivity index (χ0) is 6.91. The van der Waals surface area contributed by atoms with Gasteiger partial charge in [-0.3, -0.25) is 0 Å².